The summed E-state index contributed by atoms with van der Waals surface area (Å²) in [6.45, 7) is 2.09. The minimum atomic E-state index is -0.803. The number of aliphatic carboxylic acids is 1. The maximum Gasteiger partial charge on any atom is 0.307 e. The molecule has 1 aromatic rings. The first kappa shape index (κ1) is 11.6. The van der Waals surface area contributed by atoms with Gasteiger partial charge in [0.05, 0.1) is 13.5 Å². The highest BCUT2D eigenvalue weighted by Gasteiger charge is 2.06. The van der Waals surface area contributed by atoms with Gasteiger partial charge < -0.3 is 9.84 Å². The number of benzene rings is 1. The summed E-state index contributed by atoms with van der Waals surface area (Å²) in [4.78, 5) is 10.6. The maximum atomic E-state index is 10.6. The van der Waals surface area contributed by atoms with Crippen molar-refractivity contribution < 1.29 is 14.6 Å². The Bertz CT molecular complexity index is 345. The molecule has 0 aliphatic heterocycles. The van der Waals surface area contributed by atoms with Gasteiger partial charge in [0.25, 0.3) is 0 Å². The van der Waals surface area contributed by atoms with E-state index in [0.29, 0.717) is 0 Å². The molecule has 3 nitrogen and oxygen atoms in total. The van der Waals surface area contributed by atoms with Crippen molar-refractivity contribution in [3.05, 3.63) is 29.3 Å². The van der Waals surface area contributed by atoms with Crippen LogP contribution in [0.3, 0.4) is 0 Å². The lowest BCUT2D eigenvalue weighted by atomic mass is 10.0. The Hall–Kier alpha value is -1.51. The van der Waals surface area contributed by atoms with Gasteiger partial charge in [-0.25, -0.2) is 0 Å². The van der Waals surface area contributed by atoms with Gasteiger partial charge in [-0.1, -0.05) is 25.5 Å². The monoisotopic (exact) mass is 208 g/mol. The number of aryl methyl sites for hydroxylation is 1. The lowest BCUT2D eigenvalue weighted by Gasteiger charge is -2.09. The third-order valence-electron chi connectivity index (χ3n) is 2.22. The van der Waals surface area contributed by atoms with Crippen molar-refractivity contribution >= 4 is 5.97 Å². The molecule has 0 unspecified atom stereocenters. The highest BCUT2D eigenvalue weighted by atomic mass is 16.5. The van der Waals surface area contributed by atoms with E-state index in [9.17, 15) is 4.79 Å². The molecule has 0 radical (unpaired) electrons. The van der Waals surface area contributed by atoms with Crippen LogP contribution in [0.4, 0.5) is 0 Å². The molecular weight excluding hydrogens is 192 g/mol. The highest BCUT2D eigenvalue weighted by molar-refractivity contribution is 5.70. The lowest BCUT2D eigenvalue weighted by Crippen LogP contribution is -2.01. The Labute approximate surface area is 89.7 Å². The molecule has 0 aromatic heterocycles. The Morgan fingerprint density at radius 1 is 1.47 bits per heavy atom. The first-order valence-corrected chi connectivity index (χ1v) is 5.05. The molecule has 0 heterocycles. The van der Waals surface area contributed by atoms with Crippen LogP contribution in [0.25, 0.3) is 0 Å². The molecule has 0 saturated carbocycles. The Kier molecular flexibility index (Phi) is 4.16. The summed E-state index contributed by atoms with van der Waals surface area (Å²) >= 11 is 0. The van der Waals surface area contributed by atoms with Crippen LogP contribution in [-0.4, -0.2) is 18.2 Å². The SMILES string of the molecule is CCCc1cc(CC(=O)O)ccc1OC. The summed E-state index contributed by atoms with van der Waals surface area (Å²) in [5, 5.41) is 8.68. The number of rotatable bonds is 5. The largest absolute Gasteiger partial charge is 0.496 e. The van der Waals surface area contributed by atoms with Crippen LogP contribution in [0, 0.1) is 0 Å². The zero-order valence-electron chi connectivity index (χ0n) is 9.12. The summed E-state index contributed by atoms with van der Waals surface area (Å²) in [5.41, 5.74) is 1.91. The molecule has 0 amide bonds. The van der Waals surface area contributed by atoms with E-state index in [4.69, 9.17) is 9.84 Å². The van der Waals surface area contributed by atoms with Gasteiger partial charge in [-0.15, -0.1) is 0 Å². The second kappa shape index (κ2) is 5.39. The molecule has 0 bridgehead atoms. The van der Waals surface area contributed by atoms with Crippen molar-refractivity contribution in [2.45, 2.75) is 26.2 Å². The van der Waals surface area contributed by atoms with E-state index in [1.165, 1.54) is 0 Å². The van der Waals surface area contributed by atoms with Gasteiger partial charge >= 0.3 is 5.97 Å². The Morgan fingerprint density at radius 3 is 2.73 bits per heavy atom. The molecule has 82 valence electrons. The van der Waals surface area contributed by atoms with E-state index in [1.54, 1.807) is 13.2 Å². The van der Waals surface area contributed by atoms with Gasteiger partial charge in [-0.3, -0.25) is 4.79 Å². The van der Waals surface area contributed by atoms with Gasteiger partial charge in [0.2, 0.25) is 0 Å². The number of carbonyl (C=O) groups is 1. The predicted octanol–water partition coefficient (Wildman–Crippen LogP) is 2.27. The number of hydrogen-bond donors (Lipinski definition) is 1. The number of methoxy groups -OCH3 is 1. The average molecular weight is 208 g/mol. The van der Waals surface area contributed by atoms with Crippen LogP contribution in [-0.2, 0) is 17.6 Å². The highest BCUT2D eigenvalue weighted by Crippen LogP contribution is 2.21. The van der Waals surface area contributed by atoms with Gasteiger partial charge in [-0.05, 0) is 23.6 Å². The Morgan fingerprint density at radius 2 is 2.20 bits per heavy atom. The molecule has 1 rings (SSSR count). The molecule has 1 N–H and O–H groups in total. The normalized spacial score (nSPS) is 10.0. The number of hydrogen-bond acceptors (Lipinski definition) is 2. The topological polar surface area (TPSA) is 46.5 Å². The van der Waals surface area contributed by atoms with E-state index < -0.39 is 5.97 Å². The first-order valence-electron chi connectivity index (χ1n) is 5.05. The van der Waals surface area contributed by atoms with Crippen LogP contribution in [0.1, 0.15) is 24.5 Å². The summed E-state index contributed by atoms with van der Waals surface area (Å²) in [6.07, 6.45) is 2.00. The van der Waals surface area contributed by atoms with Gasteiger partial charge in [0.15, 0.2) is 0 Å². The molecule has 15 heavy (non-hydrogen) atoms. The fourth-order valence-electron chi connectivity index (χ4n) is 1.58. The molecule has 0 saturated heterocycles. The number of ether oxygens (including phenoxy) is 1. The third kappa shape index (κ3) is 3.27. The summed E-state index contributed by atoms with van der Waals surface area (Å²) < 4.78 is 5.21. The Balaban J connectivity index is 2.93. The zero-order valence-corrected chi connectivity index (χ0v) is 9.12. The average Bonchev–Trinajstić information content (AvgIpc) is 2.18. The summed E-state index contributed by atoms with van der Waals surface area (Å²) in [7, 11) is 1.63. The van der Waals surface area contributed by atoms with Crippen LogP contribution < -0.4 is 4.74 Å². The minimum absolute atomic E-state index is 0.0701. The van der Waals surface area contributed by atoms with Crippen molar-refractivity contribution in [3.63, 3.8) is 0 Å². The molecule has 0 aliphatic rings. The standard InChI is InChI=1S/C12H16O3/c1-3-4-10-7-9(8-12(13)14)5-6-11(10)15-2/h5-7H,3-4,8H2,1-2H3,(H,13,14). The molecule has 0 aliphatic carbocycles. The number of carboxylic acid groups (broad SMARTS) is 1. The van der Waals surface area contributed by atoms with E-state index in [1.807, 2.05) is 12.1 Å². The van der Waals surface area contributed by atoms with E-state index >= 15 is 0 Å². The van der Waals surface area contributed by atoms with Crippen molar-refractivity contribution in [2.75, 3.05) is 7.11 Å². The fraction of sp³-hybridized carbons (Fsp3) is 0.417. The molecule has 3 heteroatoms. The van der Waals surface area contributed by atoms with Gasteiger partial charge in [-0.2, -0.15) is 0 Å². The van der Waals surface area contributed by atoms with Crippen molar-refractivity contribution in [3.8, 4) is 5.75 Å². The lowest BCUT2D eigenvalue weighted by molar-refractivity contribution is -0.136. The summed E-state index contributed by atoms with van der Waals surface area (Å²) in [6, 6.07) is 5.55. The molecule has 0 spiro atoms. The van der Waals surface area contributed by atoms with Crippen LogP contribution in [0.15, 0.2) is 18.2 Å². The second-order valence-corrected chi connectivity index (χ2v) is 3.47. The first-order chi connectivity index (χ1) is 7.17. The molecule has 0 atom stereocenters. The fourth-order valence-corrected chi connectivity index (χ4v) is 1.58. The van der Waals surface area contributed by atoms with Crippen LogP contribution in [0.2, 0.25) is 0 Å². The third-order valence-corrected chi connectivity index (χ3v) is 2.22. The number of carboxylic acids is 1. The van der Waals surface area contributed by atoms with E-state index in [2.05, 4.69) is 6.92 Å². The van der Waals surface area contributed by atoms with E-state index in [0.717, 1.165) is 29.7 Å². The van der Waals surface area contributed by atoms with E-state index in [-0.39, 0.29) is 6.42 Å². The van der Waals surface area contributed by atoms with Gasteiger partial charge in [0, 0.05) is 0 Å². The minimum Gasteiger partial charge on any atom is -0.496 e. The quantitative estimate of drug-likeness (QED) is 0.807. The van der Waals surface area contributed by atoms with Crippen LogP contribution >= 0.6 is 0 Å². The smallest absolute Gasteiger partial charge is 0.307 e. The van der Waals surface area contributed by atoms with Crippen LogP contribution in [0.5, 0.6) is 5.75 Å². The second-order valence-electron chi connectivity index (χ2n) is 3.47. The molecular formula is C12H16O3. The maximum absolute atomic E-state index is 10.6. The van der Waals surface area contributed by atoms with Crippen molar-refractivity contribution in [1.82, 2.24) is 0 Å². The van der Waals surface area contributed by atoms with Gasteiger partial charge in [0.1, 0.15) is 5.75 Å². The molecule has 1 aromatic carbocycles. The van der Waals surface area contributed by atoms with Crippen molar-refractivity contribution in [2.24, 2.45) is 0 Å². The summed E-state index contributed by atoms with van der Waals surface area (Å²) in [5.74, 6) is 0.0357. The predicted molar refractivity (Wildman–Crippen MR) is 58.3 cm³/mol. The zero-order chi connectivity index (χ0) is 11.3. The molecule has 0 fully saturated rings. The van der Waals surface area contributed by atoms with Crippen molar-refractivity contribution in [1.29, 1.82) is 0 Å².